The number of benzene rings is 1. The maximum absolute atomic E-state index is 13.0. The van der Waals surface area contributed by atoms with Crippen molar-refractivity contribution < 1.29 is 14.6 Å². The fraction of sp³-hybridized carbons (Fsp3) is 0.235. The summed E-state index contributed by atoms with van der Waals surface area (Å²) in [5, 5.41) is 18.6. The predicted molar refractivity (Wildman–Crippen MR) is 127 cm³/mol. The Bertz CT molecular complexity index is 1060. The predicted octanol–water partition coefficient (Wildman–Crippen LogP) is -1.97. The molecule has 0 aliphatic carbocycles. The summed E-state index contributed by atoms with van der Waals surface area (Å²) in [5.41, 5.74) is 0.651. The Morgan fingerprint density at radius 3 is 2.34 bits per heavy atom. The number of carbonyl (C=O) groups is 1. The van der Waals surface area contributed by atoms with Gasteiger partial charge in [0.25, 0.3) is 5.56 Å². The van der Waals surface area contributed by atoms with Gasteiger partial charge in [-0.1, -0.05) is 16.8 Å². The molecule has 0 spiro atoms. The maximum Gasteiger partial charge on any atom is 0.325 e. The van der Waals surface area contributed by atoms with Gasteiger partial charge in [-0.15, -0.1) is 5.11 Å². The third-order valence-corrected chi connectivity index (χ3v) is 6.02. The molecule has 1 atom stereocenters. The Morgan fingerprint density at radius 1 is 1.24 bits per heavy atom. The number of methoxy groups -OCH3 is 1. The van der Waals surface area contributed by atoms with E-state index < -0.39 is 27.9 Å². The highest BCUT2D eigenvalue weighted by molar-refractivity contribution is 6.67. The minimum atomic E-state index is -1.12. The normalized spacial score (nSPS) is 12.7. The van der Waals surface area contributed by atoms with Crippen LogP contribution in [0.1, 0.15) is 11.6 Å². The van der Waals surface area contributed by atoms with E-state index in [2.05, 4.69) is 6.07 Å². The SMILES string of the molecule is BC(B)(B)C(B)(B)C(C(=O)O)n1cc(OC)c(-c2cc(Cl)ccc2C#N)cc1=O. The molecule has 1 aromatic heterocycles. The average molecular weight is 406 g/mol. The van der Waals surface area contributed by atoms with Crippen molar-refractivity contribution in [1.29, 1.82) is 5.26 Å². The van der Waals surface area contributed by atoms with Crippen LogP contribution in [0.2, 0.25) is 15.3 Å². The van der Waals surface area contributed by atoms with Crippen molar-refractivity contribution in [3.8, 4) is 22.9 Å². The second-order valence-corrected chi connectivity index (χ2v) is 8.95. The van der Waals surface area contributed by atoms with Crippen LogP contribution in [-0.2, 0) is 4.79 Å². The number of aromatic nitrogens is 1. The number of aliphatic carboxylic acids is 1. The minimum absolute atomic E-state index is 0.277. The monoisotopic (exact) mass is 406 g/mol. The first-order chi connectivity index (χ1) is 13.3. The lowest BCUT2D eigenvalue weighted by Gasteiger charge is -2.44. The topological polar surface area (TPSA) is 92.3 Å². The highest BCUT2D eigenvalue weighted by atomic mass is 35.5. The Kier molecular flexibility index (Phi) is 6.39. The first-order valence-corrected chi connectivity index (χ1v) is 9.46. The molecule has 0 bridgehead atoms. The molecule has 2 rings (SSSR count). The first-order valence-electron chi connectivity index (χ1n) is 9.08. The number of ether oxygens (including phenoxy) is 1. The molecule has 0 fully saturated rings. The molecule has 0 aliphatic heterocycles. The molecule has 144 valence electrons. The van der Waals surface area contributed by atoms with Gasteiger partial charge in [0.1, 0.15) is 27.5 Å². The number of carboxylic acid groups (broad SMARTS) is 1. The Balaban J connectivity index is 2.80. The summed E-state index contributed by atoms with van der Waals surface area (Å²) in [5.74, 6) is -0.832. The molecule has 0 aliphatic rings. The molecule has 0 saturated heterocycles. The number of pyridine rings is 1. The van der Waals surface area contributed by atoms with Crippen molar-refractivity contribution in [3.05, 3.63) is 51.4 Å². The van der Waals surface area contributed by atoms with E-state index in [1.54, 1.807) is 18.2 Å². The molecular formula is C17H20B5ClN2O4. The number of nitrogens with zero attached hydrogens (tertiary/aromatic N) is 2. The Hall–Kier alpha value is -2.46. The van der Waals surface area contributed by atoms with E-state index in [-0.39, 0.29) is 5.75 Å². The van der Waals surface area contributed by atoms with Gasteiger partial charge in [0.05, 0.1) is 48.5 Å². The van der Waals surface area contributed by atoms with Crippen LogP contribution in [0.4, 0.5) is 0 Å². The van der Waals surface area contributed by atoms with Gasteiger partial charge in [-0.2, -0.15) is 5.26 Å². The van der Waals surface area contributed by atoms with Crippen LogP contribution >= 0.6 is 11.6 Å². The zero-order valence-corrected chi connectivity index (χ0v) is 18.2. The van der Waals surface area contributed by atoms with Gasteiger partial charge in [0, 0.05) is 22.2 Å². The van der Waals surface area contributed by atoms with Crippen molar-refractivity contribution >= 4 is 56.8 Å². The molecule has 0 saturated carbocycles. The molecule has 2 aromatic rings. The van der Waals surface area contributed by atoms with Crippen molar-refractivity contribution in [3.63, 3.8) is 0 Å². The average Bonchev–Trinajstić information content (AvgIpc) is 2.61. The lowest BCUT2D eigenvalue weighted by molar-refractivity contribution is -0.141. The molecule has 6 nitrogen and oxygen atoms in total. The Labute approximate surface area is 179 Å². The van der Waals surface area contributed by atoms with E-state index >= 15 is 0 Å². The standard InChI is InChI=1S/C17H20B5ClN2O4/c1-29-12-7-25(14(15(27)28)16(18,19)17(20,21)22)13(26)5-11(12)10-4-9(23)3-2-8(10)6-24/h2-5,7,14H,18-22H2,1H3,(H,27,28). The summed E-state index contributed by atoms with van der Waals surface area (Å²) in [7, 11) is 10.9. The molecule has 1 heterocycles. The van der Waals surface area contributed by atoms with E-state index in [0.717, 1.165) is 0 Å². The van der Waals surface area contributed by atoms with Gasteiger partial charge >= 0.3 is 5.97 Å². The van der Waals surface area contributed by atoms with E-state index in [4.69, 9.17) is 16.3 Å². The third kappa shape index (κ3) is 4.28. The highest BCUT2D eigenvalue weighted by Gasteiger charge is 2.44. The quantitative estimate of drug-likeness (QED) is 0.563. The lowest BCUT2D eigenvalue weighted by atomic mass is 9.21. The van der Waals surface area contributed by atoms with Crippen molar-refractivity contribution in [2.24, 2.45) is 0 Å². The number of carboxylic acids is 1. The van der Waals surface area contributed by atoms with Crippen LogP contribution in [-0.4, -0.2) is 62.0 Å². The number of hydrogen-bond donors (Lipinski definition) is 1. The molecule has 12 heteroatoms. The zero-order chi connectivity index (χ0) is 22.1. The molecule has 1 N–H and O–H groups in total. The van der Waals surface area contributed by atoms with Gasteiger partial charge < -0.3 is 9.84 Å². The third-order valence-electron chi connectivity index (χ3n) is 5.78. The molecule has 1 unspecified atom stereocenters. The smallest absolute Gasteiger partial charge is 0.325 e. The maximum atomic E-state index is 13.0. The van der Waals surface area contributed by atoms with Gasteiger partial charge in [-0.3, -0.25) is 14.2 Å². The van der Waals surface area contributed by atoms with E-state index in [9.17, 15) is 20.0 Å². The van der Waals surface area contributed by atoms with Gasteiger partial charge in [-0.25, -0.2) is 0 Å². The fourth-order valence-corrected chi connectivity index (χ4v) is 3.30. The number of rotatable bonds is 6. The Morgan fingerprint density at radius 2 is 1.86 bits per heavy atom. The molecule has 29 heavy (non-hydrogen) atoms. The summed E-state index contributed by atoms with van der Waals surface area (Å²) < 4.78 is 6.64. The summed E-state index contributed by atoms with van der Waals surface area (Å²) in [4.78, 5) is 25.2. The fourth-order valence-electron chi connectivity index (χ4n) is 3.13. The first kappa shape index (κ1) is 22.8. The number of hydrogen-bond acceptors (Lipinski definition) is 4. The van der Waals surface area contributed by atoms with Crippen molar-refractivity contribution in [2.75, 3.05) is 7.11 Å². The summed E-state index contributed by atoms with van der Waals surface area (Å²) in [6, 6.07) is 6.98. The molecule has 0 amide bonds. The molecular weight excluding hydrogens is 386 g/mol. The van der Waals surface area contributed by atoms with Gasteiger partial charge in [0.2, 0.25) is 0 Å². The number of nitriles is 1. The van der Waals surface area contributed by atoms with Crippen LogP contribution in [0.15, 0.2) is 35.3 Å². The van der Waals surface area contributed by atoms with E-state index in [0.29, 0.717) is 21.7 Å². The summed E-state index contributed by atoms with van der Waals surface area (Å²) in [6.07, 6.45) is 1.39. The number of halogens is 1. The van der Waals surface area contributed by atoms with Crippen LogP contribution in [0, 0.1) is 11.3 Å². The van der Waals surface area contributed by atoms with Gasteiger partial charge in [0.15, 0.2) is 0 Å². The molecule has 0 radical (unpaired) electrons. The minimum Gasteiger partial charge on any atom is -0.495 e. The van der Waals surface area contributed by atoms with Crippen LogP contribution in [0.25, 0.3) is 11.1 Å². The van der Waals surface area contributed by atoms with Crippen LogP contribution < -0.4 is 10.3 Å². The second kappa shape index (κ2) is 8.12. The lowest BCUT2D eigenvalue weighted by Crippen LogP contribution is -2.46. The van der Waals surface area contributed by atoms with Crippen molar-refractivity contribution in [2.45, 2.75) is 16.4 Å². The largest absolute Gasteiger partial charge is 0.495 e. The van der Waals surface area contributed by atoms with E-state index in [1.165, 1.54) is 23.9 Å². The van der Waals surface area contributed by atoms with Crippen molar-refractivity contribution in [1.82, 2.24) is 4.57 Å². The van der Waals surface area contributed by atoms with Crippen LogP contribution in [0.5, 0.6) is 5.75 Å². The summed E-state index contributed by atoms with van der Waals surface area (Å²) in [6.45, 7) is 0. The van der Waals surface area contributed by atoms with Gasteiger partial charge in [-0.05, 0) is 18.2 Å². The summed E-state index contributed by atoms with van der Waals surface area (Å²) >= 11 is 6.08. The second-order valence-electron chi connectivity index (χ2n) is 8.52. The van der Waals surface area contributed by atoms with Crippen LogP contribution in [0.3, 0.4) is 0 Å². The zero-order valence-electron chi connectivity index (χ0n) is 17.4. The highest BCUT2D eigenvalue weighted by Crippen LogP contribution is 2.48. The van der Waals surface area contributed by atoms with E-state index in [1.807, 2.05) is 39.2 Å². The molecule has 1 aromatic carbocycles.